The van der Waals surface area contributed by atoms with Gasteiger partial charge in [0.15, 0.2) is 5.12 Å². The first-order chi connectivity index (χ1) is 13.5. The summed E-state index contributed by atoms with van der Waals surface area (Å²) in [5.41, 5.74) is 0. The Morgan fingerprint density at radius 1 is 0.571 bits per heavy atom. The SMILES string of the molecule is CCCCCCCCCCCCCCCCCCSC(=O)CCC.[CH3][SnH]([CH3])[CH3]. The van der Waals surface area contributed by atoms with Crippen LogP contribution in [0.5, 0.6) is 0 Å². The van der Waals surface area contributed by atoms with Crippen molar-refractivity contribution in [1.29, 1.82) is 0 Å². The molecule has 0 aromatic carbocycles. The Balaban J connectivity index is 0. The molecule has 0 aliphatic heterocycles. The third-order valence-corrected chi connectivity index (χ3v) is 5.73. The summed E-state index contributed by atoms with van der Waals surface area (Å²) < 4.78 is 0. The van der Waals surface area contributed by atoms with Crippen LogP contribution in [0.4, 0.5) is 0 Å². The number of hydrogen-bond acceptors (Lipinski definition) is 2. The topological polar surface area (TPSA) is 17.1 Å². The second-order valence-electron chi connectivity index (χ2n) is 9.01. The average molecular weight is 521 g/mol. The summed E-state index contributed by atoms with van der Waals surface area (Å²) in [6, 6.07) is 0. The molecule has 0 saturated heterocycles. The summed E-state index contributed by atoms with van der Waals surface area (Å²) in [7, 11) is 0. The molecular formula is C25H54OSSn. The molecule has 0 spiro atoms. The van der Waals surface area contributed by atoms with E-state index in [1.54, 1.807) is 11.8 Å². The van der Waals surface area contributed by atoms with Crippen molar-refractivity contribution in [3.05, 3.63) is 0 Å². The van der Waals surface area contributed by atoms with E-state index in [4.69, 9.17) is 0 Å². The molecule has 0 rings (SSSR count). The van der Waals surface area contributed by atoms with Crippen molar-refractivity contribution in [2.24, 2.45) is 0 Å². The molecule has 0 saturated carbocycles. The monoisotopic (exact) mass is 522 g/mol. The first-order valence-electron chi connectivity index (χ1n) is 12.7. The molecule has 0 aromatic heterocycles. The van der Waals surface area contributed by atoms with Gasteiger partial charge in [-0.3, -0.25) is 4.79 Å². The van der Waals surface area contributed by atoms with E-state index in [0.29, 0.717) is 5.12 Å². The summed E-state index contributed by atoms with van der Waals surface area (Å²) in [5, 5.41) is 0.387. The Bertz CT molecular complexity index is 292. The van der Waals surface area contributed by atoms with Crippen LogP contribution in [0.3, 0.4) is 0 Å². The van der Waals surface area contributed by atoms with Gasteiger partial charge in [-0.1, -0.05) is 122 Å². The zero-order chi connectivity index (χ0) is 21.3. The maximum absolute atomic E-state index is 11.4. The fourth-order valence-electron chi connectivity index (χ4n) is 3.11. The first kappa shape index (κ1) is 31.0. The van der Waals surface area contributed by atoms with E-state index in [1.807, 2.05) is 0 Å². The van der Waals surface area contributed by atoms with Gasteiger partial charge in [0.1, 0.15) is 0 Å². The van der Waals surface area contributed by atoms with Crippen molar-refractivity contribution >= 4 is 36.6 Å². The molecule has 0 aliphatic rings. The van der Waals surface area contributed by atoms with Gasteiger partial charge in [0.25, 0.3) is 0 Å². The van der Waals surface area contributed by atoms with Gasteiger partial charge < -0.3 is 0 Å². The third-order valence-electron chi connectivity index (χ3n) is 4.72. The zero-order valence-corrected chi connectivity index (χ0v) is 24.4. The number of carbonyl (C=O) groups is 1. The minimum absolute atomic E-state index is 0.387. The van der Waals surface area contributed by atoms with Gasteiger partial charge in [-0.05, 0) is 12.8 Å². The molecule has 0 aliphatic carbocycles. The Hall–Kier alpha value is 0.819. The van der Waals surface area contributed by atoms with Gasteiger partial charge in [-0.2, -0.15) is 0 Å². The van der Waals surface area contributed by atoms with E-state index in [2.05, 4.69) is 28.7 Å². The molecular weight excluding hydrogens is 467 g/mol. The van der Waals surface area contributed by atoms with Gasteiger partial charge in [0.05, 0.1) is 0 Å². The van der Waals surface area contributed by atoms with Gasteiger partial charge in [-0.25, -0.2) is 0 Å². The van der Waals surface area contributed by atoms with Crippen LogP contribution in [-0.2, 0) is 4.79 Å². The van der Waals surface area contributed by atoms with Crippen LogP contribution < -0.4 is 0 Å². The standard InChI is InChI=1S/C22H44OS.3CH3.Sn.H/c1-3-5-6-7-8-9-10-11-12-13-14-15-16-17-18-19-21-24-22(23)20-4-2;;;;;/h3-21H2,1-2H3;3*1H3;;. The van der Waals surface area contributed by atoms with E-state index >= 15 is 0 Å². The van der Waals surface area contributed by atoms with Crippen molar-refractivity contribution in [3.8, 4) is 0 Å². The first-order valence-corrected chi connectivity index (χ1v) is 23.6. The van der Waals surface area contributed by atoms with Crippen molar-refractivity contribution in [1.82, 2.24) is 0 Å². The number of thioether (sulfide) groups is 1. The van der Waals surface area contributed by atoms with Gasteiger partial charge in [0, 0.05) is 12.2 Å². The second-order valence-corrected chi connectivity index (χ2v) is 20.0. The molecule has 0 N–H and O–H groups in total. The van der Waals surface area contributed by atoms with Gasteiger partial charge in [0.2, 0.25) is 0 Å². The van der Waals surface area contributed by atoms with Gasteiger partial charge >= 0.3 is 34.6 Å². The summed E-state index contributed by atoms with van der Waals surface area (Å²) in [6.45, 7) is 4.36. The van der Waals surface area contributed by atoms with Crippen molar-refractivity contribution in [2.75, 3.05) is 5.75 Å². The van der Waals surface area contributed by atoms with Crippen LogP contribution in [0.25, 0.3) is 0 Å². The fourth-order valence-corrected chi connectivity index (χ4v) is 4.04. The molecule has 0 bridgehead atoms. The molecule has 170 valence electrons. The summed E-state index contributed by atoms with van der Waals surface area (Å²) in [5.74, 6) is 1.04. The molecule has 0 unspecified atom stereocenters. The molecule has 0 amide bonds. The second kappa shape index (κ2) is 27.8. The molecule has 3 heteroatoms. The Morgan fingerprint density at radius 3 is 1.21 bits per heavy atom. The molecule has 0 radical (unpaired) electrons. The van der Waals surface area contributed by atoms with E-state index in [1.165, 1.54) is 103 Å². The predicted octanol–water partition coefficient (Wildman–Crippen LogP) is 9.41. The normalized spacial score (nSPS) is 10.8. The van der Waals surface area contributed by atoms with Crippen molar-refractivity contribution in [3.63, 3.8) is 0 Å². The molecule has 0 fully saturated rings. The van der Waals surface area contributed by atoms with Crippen LogP contribution >= 0.6 is 11.8 Å². The quantitative estimate of drug-likeness (QED) is 0.124. The molecule has 0 atom stereocenters. The number of rotatable bonds is 19. The molecule has 0 heterocycles. The summed E-state index contributed by atoms with van der Waals surface area (Å²) in [4.78, 5) is 18.5. The van der Waals surface area contributed by atoms with E-state index in [0.717, 1.165) is 18.6 Å². The summed E-state index contributed by atoms with van der Waals surface area (Å²) >= 11 is 0.912. The average Bonchev–Trinajstić information content (AvgIpc) is 2.64. The van der Waals surface area contributed by atoms with Gasteiger partial charge in [-0.15, -0.1) is 0 Å². The Morgan fingerprint density at radius 2 is 0.893 bits per heavy atom. The zero-order valence-electron chi connectivity index (χ0n) is 20.3. The number of unbranched alkanes of at least 4 members (excludes halogenated alkanes) is 15. The van der Waals surface area contributed by atoms with E-state index in [-0.39, 0.29) is 0 Å². The number of hydrogen-bond donors (Lipinski definition) is 0. The van der Waals surface area contributed by atoms with Crippen molar-refractivity contribution in [2.45, 2.75) is 144 Å². The Labute approximate surface area is 190 Å². The number of carbonyl (C=O) groups excluding carboxylic acids is 1. The Kier molecular flexibility index (Phi) is 30.8. The fraction of sp³-hybridized carbons (Fsp3) is 0.960. The van der Waals surface area contributed by atoms with Crippen molar-refractivity contribution < 1.29 is 4.79 Å². The third kappa shape index (κ3) is 34.3. The molecule has 28 heavy (non-hydrogen) atoms. The molecule has 0 aromatic rings. The molecule has 1 nitrogen and oxygen atoms in total. The van der Waals surface area contributed by atoms with E-state index in [9.17, 15) is 4.79 Å². The summed E-state index contributed by atoms with van der Waals surface area (Å²) in [6.07, 6.45) is 24.3. The van der Waals surface area contributed by atoms with Crippen LogP contribution in [0.15, 0.2) is 0 Å². The predicted molar refractivity (Wildman–Crippen MR) is 137 cm³/mol. The maximum atomic E-state index is 11.4. The van der Waals surface area contributed by atoms with Crippen LogP contribution in [0.1, 0.15) is 129 Å². The van der Waals surface area contributed by atoms with Crippen LogP contribution in [0.2, 0.25) is 14.8 Å². The van der Waals surface area contributed by atoms with Crippen LogP contribution in [0, 0.1) is 0 Å². The van der Waals surface area contributed by atoms with E-state index < -0.39 is 19.8 Å². The minimum atomic E-state index is -0.637. The van der Waals surface area contributed by atoms with Crippen LogP contribution in [-0.4, -0.2) is 30.6 Å².